The van der Waals surface area contributed by atoms with Gasteiger partial charge in [-0.25, -0.2) is 0 Å². The number of rotatable bonds is 7. The molecule has 0 saturated carbocycles. The van der Waals surface area contributed by atoms with Crippen LogP contribution in [-0.4, -0.2) is 67.9 Å². The second-order valence-corrected chi connectivity index (χ2v) is 6.46. The second kappa shape index (κ2) is 8.77. The quantitative estimate of drug-likeness (QED) is 0.785. The molecule has 1 aliphatic rings. The number of carbonyl (C=O) groups excluding carboxylic acids is 1. The number of methoxy groups -OCH3 is 1. The standard InChI is InChI=1S/C18H25N5O3/c1-22-8-10-23(11-9-22)18-21-20-17(26-18)15(19-16(24)13-25-2)12-14-6-4-3-5-7-14/h3-7,15H,8-13H2,1-2H3,(H,19,24). The summed E-state index contributed by atoms with van der Waals surface area (Å²) in [5.74, 6) is 0.194. The molecule has 1 aliphatic heterocycles. The minimum absolute atomic E-state index is 0.00918. The van der Waals surface area contributed by atoms with Gasteiger partial charge in [0, 0.05) is 39.7 Å². The fraction of sp³-hybridized carbons (Fsp3) is 0.500. The molecule has 2 aromatic rings. The number of nitrogens with zero attached hydrogens (tertiary/aromatic N) is 4. The summed E-state index contributed by atoms with van der Waals surface area (Å²) in [7, 11) is 3.59. The fourth-order valence-corrected chi connectivity index (χ4v) is 2.91. The van der Waals surface area contributed by atoms with Gasteiger partial charge in [-0.3, -0.25) is 4.79 Å². The van der Waals surface area contributed by atoms with Gasteiger partial charge in [0.15, 0.2) is 0 Å². The van der Waals surface area contributed by atoms with Gasteiger partial charge in [-0.1, -0.05) is 35.4 Å². The van der Waals surface area contributed by atoms with Gasteiger partial charge in [-0.2, -0.15) is 0 Å². The number of nitrogens with one attached hydrogen (secondary N) is 1. The Labute approximate surface area is 153 Å². The zero-order valence-corrected chi connectivity index (χ0v) is 15.2. The van der Waals surface area contributed by atoms with Crippen molar-refractivity contribution in [2.45, 2.75) is 12.5 Å². The van der Waals surface area contributed by atoms with Crippen molar-refractivity contribution < 1.29 is 13.9 Å². The lowest BCUT2D eigenvalue weighted by Crippen LogP contribution is -2.44. The Morgan fingerprint density at radius 1 is 1.23 bits per heavy atom. The number of amides is 1. The first kappa shape index (κ1) is 18.3. The van der Waals surface area contributed by atoms with Crippen molar-refractivity contribution in [2.75, 3.05) is 51.8 Å². The first-order valence-corrected chi connectivity index (χ1v) is 8.75. The molecule has 140 valence electrons. The van der Waals surface area contributed by atoms with Gasteiger partial charge in [0.2, 0.25) is 11.8 Å². The van der Waals surface area contributed by atoms with Crippen LogP contribution >= 0.6 is 0 Å². The van der Waals surface area contributed by atoms with Crippen molar-refractivity contribution in [3.8, 4) is 0 Å². The van der Waals surface area contributed by atoms with Crippen LogP contribution in [0, 0.1) is 0 Å². The number of ether oxygens (including phenoxy) is 1. The van der Waals surface area contributed by atoms with E-state index in [-0.39, 0.29) is 12.5 Å². The van der Waals surface area contributed by atoms with E-state index in [1.807, 2.05) is 30.3 Å². The lowest BCUT2D eigenvalue weighted by molar-refractivity contribution is -0.125. The van der Waals surface area contributed by atoms with Crippen molar-refractivity contribution in [2.24, 2.45) is 0 Å². The van der Waals surface area contributed by atoms with E-state index in [0.29, 0.717) is 18.3 Å². The number of anilines is 1. The van der Waals surface area contributed by atoms with Crippen LogP contribution in [0.1, 0.15) is 17.5 Å². The minimum atomic E-state index is -0.395. The van der Waals surface area contributed by atoms with Gasteiger partial charge in [0.05, 0.1) is 0 Å². The smallest absolute Gasteiger partial charge is 0.318 e. The molecule has 26 heavy (non-hydrogen) atoms. The molecule has 1 unspecified atom stereocenters. The average molecular weight is 359 g/mol. The van der Waals surface area contributed by atoms with Crippen LogP contribution in [0.25, 0.3) is 0 Å². The maximum Gasteiger partial charge on any atom is 0.318 e. The monoisotopic (exact) mass is 359 g/mol. The first-order chi connectivity index (χ1) is 12.7. The summed E-state index contributed by atoms with van der Waals surface area (Å²) in [6.45, 7) is 3.59. The van der Waals surface area contributed by atoms with Gasteiger partial charge in [-0.15, -0.1) is 5.10 Å². The van der Waals surface area contributed by atoms with Crippen LogP contribution in [0.4, 0.5) is 6.01 Å². The highest BCUT2D eigenvalue weighted by molar-refractivity contribution is 5.77. The molecule has 0 aliphatic carbocycles. The lowest BCUT2D eigenvalue weighted by atomic mass is 10.1. The summed E-state index contributed by atoms with van der Waals surface area (Å²) in [6, 6.07) is 10.0. The SMILES string of the molecule is COCC(=O)NC(Cc1ccccc1)c1nnc(N2CCN(C)CC2)o1. The third-order valence-corrected chi connectivity index (χ3v) is 4.40. The molecule has 1 saturated heterocycles. The Morgan fingerprint density at radius 2 is 1.96 bits per heavy atom. The molecule has 1 N–H and O–H groups in total. The summed E-state index contributed by atoms with van der Waals surface area (Å²) in [5, 5.41) is 11.3. The Bertz CT molecular complexity index is 698. The topological polar surface area (TPSA) is 83.7 Å². The Morgan fingerprint density at radius 3 is 2.65 bits per heavy atom. The predicted molar refractivity (Wildman–Crippen MR) is 96.9 cm³/mol. The number of benzene rings is 1. The largest absolute Gasteiger partial charge is 0.406 e. The van der Waals surface area contributed by atoms with Crippen molar-refractivity contribution in [1.82, 2.24) is 20.4 Å². The lowest BCUT2D eigenvalue weighted by Gasteiger charge is -2.30. The van der Waals surface area contributed by atoms with Crippen LogP contribution in [0.3, 0.4) is 0 Å². The van der Waals surface area contributed by atoms with Crippen LogP contribution in [-0.2, 0) is 16.0 Å². The summed E-state index contributed by atoms with van der Waals surface area (Å²) in [5.41, 5.74) is 1.08. The molecule has 3 rings (SSSR count). The third-order valence-electron chi connectivity index (χ3n) is 4.40. The van der Waals surface area contributed by atoms with Gasteiger partial charge in [0.1, 0.15) is 12.6 Å². The number of hydrogen-bond donors (Lipinski definition) is 1. The molecule has 8 nitrogen and oxygen atoms in total. The van der Waals surface area contributed by atoms with E-state index in [9.17, 15) is 4.79 Å². The van der Waals surface area contributed by atoms with E-state index in [1.165, 1.54) is 7.11 Å². The van der Waals surface area contributed by atoms with E-state index in [1.54, 1.807) is 0 Å². The molecule has 1 aromatic heterocycles. The molecule has 1 amide bonds. The summed E-state index contributed by atoms with van der Waals surface area (Å²) in [6.07, 6.45) is 0.570. The number of likely N-dealkylation sites (N-methyl/N-ethyl adjacent to an activating group) is 1. The molecule has 1 fully saturated rings. The number of carbonyl (C=O) groups is 1. The Kier molecular flexibility index (Phi) is 6.19. The third kappa shape index (κ3) is 4.80. The molecule has 2 heterocycles. The maximum absolute atomic E-state index is 12.0. The molecular weight excluding hydrogens is 334 g/mol. The predicted octanol–water partition coefficient (Wildman–Crippen LogP) is 0.868. The molecule has 1 aromatic carbocycles. The average Bonchev–Trinajstić information content (AvgIpc) is 3.13. The highest BCUT2D eigenvalue weighted by atomic mass is 16.5. The Hall–Kier alpha value is -2.45. The molecular formula is C18H25N5O3. The molecule has 1 atom stereocenters. The van der Waals surface area contributed by atoms with Crippen molar-refractivity contribution in [1.29, 1.82) is 0 Å². The van der Waals surface area contributed by atoms with E-state index >= 15 is 0 Å². The van der Waals surface area contributed by atoms with E-state index in [0.717, 1.165) is 31.7 Å². The van der Waals surface area contributed by atoms with Gasteiger partial charge in [-0.05, 0) is 12.6 Å². The molecule has 0 bridgehead atoms. The summed E-state index contributed by atoms with van der Waals surface area (Å²) < 4.78 is 10.8. The zero-order valence-electron chi connectivity index (χ0n) is 15.2. The van der Waals surface area contributed by atoms with Crippen LogP contribution in [0.15, 0.2) is 34.7 Å². The highest BCUT2D eigenvalue weighted by Crippen LogP contribution is 2.22. The maximum atomic E-state index is 12.0. The number of piperazine rings is 1. The molecule has 8 heteroatoms. The second-order valence-electron chi connectivity index (χ2n) is 6.46. The first-order valence-electron chi connectivity index (χ1n) is 8.75. The van der Waals surface area contributed by atoms with Crippen LogP contribution in [0.2, 0.25) is 0 Å². The highest BCUT2D eigenvalue weighted by Gasteiger charge is 2.24. The van der Waals surface area contributed by atoms with Crippen molar-refractivity contribution in [3.05, 3.63) is 41.8 Å². The zero-order chi connectivity index (χ0) is 18.4. The van der Waals surface area contributed by atoms with E-state index in [4.69, 9.17) is 9.15 Å². The van der Waals surface area contributed by atoms with E-state index < -0.39 is 6.04 Å². The number of aromatic nitrogens is 2. The summed E-state index contributed by atoms with van der Waals surface area (Å²) >= 11 is 0. The van der Waals surface area contributed by atoms with Crippen molar-refractivity contribution in [3.63, 3.8) is 0 Å². The summed E-state index contributed by atoms with van der Waals surface area (Å²) in [4.78, 5) is 16.4. The van der Waals surface area contributed by atoms with Crippen molar-refractivity contribution >= 4 is 11.9 Å². The fourth-order valence-electron chi connectivity index (χ4n) is 2.91. The number of hydrogen-bond acceptors (Lipinski definition) is 7. The van der Waals surface area contributed by atoms with Gasteiger partial charge in [0.25, 0.3) is 0 Å². The van der Waals surface area contributed by atoms with E-state index in [2.05, 4.69) is 32.4 Å². The molecule has 0 radical (unpaired) electrons. The minimum Gasteiger partial charge on any atom is -0.406 e. The van der Waals surface area contributed by atoms with Crippen LogP contribution in [0.5, 0.6) is 0 Å². The normalized spacial score (nSPS) is 16.5. The molecule has 0 spiro atoms. The Balaban J connectivity index is 1.74. The van der Waals surface area contributed by atoms with Crippen LogP contribution < -0.4 is 10.2 Å². The van der Waals surface area contributed by atoms with Gasteiger partial charge < -0.3 is 24.3 Å². The van der Waals surface area contributed by atoms with Gasteiger partial charge >= 0.3 is 6.01 Å².